The summed E-state index contributed by atoms with van der Waals surface area (Å²) < 4.78 is 6.49. The van der Waals surface area contributed by atoms with Crippen LogP contribution in [0.1, 0.15) is 16.8 Å². The molecule has 1 amide bonds. The number of carboxylic acid groups (broad SMARTS) is 1. The average molecular weight is 290 g/mol. The number of carbonyl (C=O) groups is 2. The van der Waals surface area contributed by atoms with Gasteiger partial charge in [0.15, 0.2) is 0 Å². The van der Waals surface area contributed by atoms with Crippen LogP contribution >= 0.6 is 0 Å². The minimum Gasteiger partial charge on any atom is -0.497 e. The minimum absolute atomic E-state index is 0.0246. The Morgan fingerprint density at radius 2 is 2.24 bits per heavy atom. The first-order valence-corrected chi connectivity index (χ1v) is 6.13. The van der Waals surface area contributed by atoms with Crippen molar-refractivity contribution >= 4 is 17.6 Å². The maximum atomic E-state index is 11.8. The van der Waals surface area contributed by atoms with Gasteiger partial charge < -0.3 is 15.2 Å². The molecule has 1 aromatic carbocycles. The van der Waals surface area contributed by atoms with Crippen LogP contribution in [0.5, 0.6) is 5.75 Å². The lowest BCUT2D eigenvalue weighted by molar-refractivity contribution is -0.116. The van der Waals surface area contributed by atoms with Crippen LogP contribution in [-0.2, 0) is 11.3 Å². The molecule has 0 saturated heterocycles. The third-order valence-corrected chi connectivity index (χ3v) is 2.77. The van der Waals surface area contributed by atoms with Crippen molar-refractivity contribution in [1.29, 1.82) is 0 Å². The van der Waals surface area contributed by atoms with E-state index in [1.54, 1.807) is 6.07 Å². The Morgan fingerprint density at radius 3 is 2.86 bits per heavy atom. The molecule has 0 fully saturated rings. The molecule has 0 spiro atoms. The first kappa shape index (κ1) is 14.5. The summed E-state index contributed by atoms with van der Waals surface area (Å²) in [6, 6.07) is 4.44. The predicted molar refractivity (Wildman–Crippen MR) is 73.2 cm³/mol. The molecule has 0 saturated carbocycles. The van der Waals surface area contributed by atoms with Crippen LogP contribution in [0, 0.1) is 0 Å². The Kier molecular flexibility index (Phi) is 4.50. The van der Waals surface area contributed by atoms with E-state index in [-0.39, 0.29) is 23.6 Å². The molecule has 0 unspecified atom stereocenters. The number of hydrogen-bond donors (Lipinski definition) is 2. The first-order chi connectivity index (χ1) is 10.1. The largest absolute Gasteiger partial charge is 0.497 e. The fourth-order valence-corrected chi connectivity index (χ4v) is 1.71. The summed E-state index contributed by atoms with van der Waals surface area (Å²) in [6.45, 7) is 0.365. The van der Waals surface area contributed by atoms with E-state index in [0.29, 0.717) is 12.3 Å². The van der Waals surface area contributed by atoms with Crippen molar-refractivity contribution in [2.75, 3.05) is 12.4 Å². The summed E-state index contributed by atoms with van der Waals surface area (Å²) in [6.07, 6.45) is 3.04. The van der Waals surface area contributed by atoms with E-state index in [1.165, 1.54) is 36.6 Å². The first-order valence-electron chi connectivity index (χ1n) is 6.13. The predicted octanol–water partition coefficient (Wildman–Crippen LogP) is 1.01. The number of carbonyl (C=O) groups excluding carboxylic acids is 1. The molecule has 2 rings (SSSR count). The summed E-state index contributed by atoms with van der Waals surface area (Å²) >= 11 is 0. The van der Waals surface area contributed by atoms with E-state index < -0.39 is 5.97 Å². The maximum Gasteiger partial charge on any atom is 0.337 e. The van der Waals surface area contributed by atoms with Crippen molar-refractivity contribution < 1.29 is 19.4 Å². The van der Waals surface area contributed by atoms with Gasteiger partial charge in [-0.15, -0.1) is 0 Å². The second-order valence-electron chi connectivity index (χ2n) is 4.17. The molecule has 8 heteroatoms. The van der Waals surface area contributed by atoms with E-state index in [2.05, 4.69) is 15.4 Å². The van der Waals surface area contributed by atoms with Gasteiger partial charge in [-0.05, 0) is 18.2 Å². The molecule has 21 heavy (non-hydrogen) atoms. The number of aromatic nitrogens is 3. The third-order valence-electron chi connectivity index (χ3n) is 2.77. The van der Waals surface area contributed by atoms with E-state index in [4.69, 9.17) is 9.84 Å². The van der Waals surface area contributed by atoms with E-state index in [0.717, 1.165) is 0 Å². The molecule has 0 radical (unpaired) electrons. The summed E-state index contributed by atoms with van der Waals surface area (Å²) in [4.78, 5) is 26.8. The zero-order chi connectivity index (χ0) is 15.2. The molecule has 8 nitrogen and oxygen atoms in total. The second-order valence-corrected chi connectivity index (χ2v) is 4.17. The highest BCUT2D eigenvalue weighted by molar-refractivity contribution is 6.00. The summed E-state index contributed by atoms with van der Waals surface area (Å²) in [7, 11) is 1.44. The van der Waals surface area contributed by atoms with Crippen LogP contribution < -0.4 is 10.1 Å². The van der Waals surface area contributed by atoms with Crippen molar-refractivity contribution in [3.05, 3.63) is 36.4 Å². The topological polar surface area (TPSA) is 106 Å². The molecular formula is C13H14N4O4. The number of amides is 1. The van der Waals surface area contributed by atoms with Gasteiger partial charge in [-0.1, -0.05) is 0 Å². The molecule has 2 N–H and O–H groups in total. The lowest BCUT2D eigenvalue weighted by Gasteiger charge is -2.10. The number of aromatic carboxylic acids is 1. The molecule has 1 aromatic heterocycles. The molecule has 110 valence electrons. The standard InChI is InChI=1S/C13H14N4O4/c1-21-9-2-3-11(10(6-9)13(19)20)16-12(18)4-5-17-8-14-7-15-17/h2-3,6-8H,4-5H2,1H3,(H,16,18)(H,19,20). The quantitative estimate of drug-likeness (QED) is 0.822. The zero-order valence-electron chi connectivity index (χ0n) is 11.3. The number of nitrogens with zero attached hydrogens (tertiary/aromatic N) is 3. The fourth-order valence-electron chi connectivity index (χ4n) is 1.71. The van der Waals surface area contributed by atoms with Gasteiger partial charge in [0.25, 0.3) is 0 Å². The minimum atomic E-state index is -1.14. The van der Waals surface area contributed by atoms with Crippen molar-refractivity contribution in [3.63, 3.8) is 0 Å². The average Bonchev–Trinajstić information content (AvgIpc) is 2.98. The van der Waals surface area contributed by atoms with Gasteiger partial charge in [-0.3, -0.25) is 9.48 Å². The van der Waals surface area contributed by atoms with Crippen molar-refractivity contribution in [3.8, 4) is 5.75 Å². The molecule has 1 heterocycles. The molecule has 0 atom stereocenters. The zero-order valence-corrected chi connectivity index (χ0v) is 11.3. The summed E-state index contributed by atoms with van der Waals surface area (Å²) in [5, 5.41) is 15.6. The maximum absolute atomic E-state index is 11.8. The smallest absolute Gasteiger partial charge is 0.337 e. The molecule has 2 aromatic rings. The number of methoxy groups -OCH3 is 1. The molecular weight excluding hydrogens is 276 g/mol. The molecule has 0 aliphatic rings. The van der Waals surface area contributed by atoms with Crippen LogP contribution in [0.2, 0.25) is 0 Å². The van der Waals surface area contributed by atoms with Crippen LogP contribution in [-0.4, -0.2) is 38.9 Å². The van der Waals surface area contributed by atoms with Gasteiger partial charge in [0.1, 0.15) is 18.4 Å². The third kappa shape index (κ3) is 3.78. The molecule has 0 aliphatic heterocycles. The Labute approximate surface area is 120 Å². The highest BCUT2D eigenvalue weighted by atomic mass is 16.5. The van der Waals surface area contributed by atoms with E-state index in [1.807, 2.05) is 0 Å². The van der Waals surface area contributed by atoms with Crippen molar-refractivity contribution in [2.24, 2.45) is 0 Å². The molecule has 0 bridgehead atoms. The Bertz CT molecular complexity index is 640. The van der Waals surface area contributed by atoms with Gasteiger partial charge in [-0.25, -0.2) is 9.78 Å². The van der Waals surface area contributed by atoms with Crippen LogP contribution in [0.15, 0.2) is 30.9 Å². The van der Waals surface area contributed by atoms with Crippen LogP contribution in [0.25, 0.3) is 0 Å². The Balaban J connectivity index is 2.04. The number of rotatable bonds is 6. The number of carboxylic acids is 1. The lowest BCUT2D eigenvalue weighted by atomic mass is 10.1. The monoisotopic (exact) mass is 290 g/mol. The van der Waals surface area contributed by atoms with Crippen LogP contribution in [0.3, 0.4) is 0 Å². The Morgan fingerprint density at radius 1 is 1.43 bits per heavy atom. The van der Waals surface area contributed by atoms with Gasteiger partial charge >= 0.3 is 5.97 Å². The van der Waals surface area contributed by atoms with Gasteiger partial charge in [0, 0.05) is 6.42 Å². The van der Waals surface area contributed by atoms with Crippen LogP contribution in [0.4, 0.5) is 5.69 Å². The number of ether oxygens (including phenoxy) is 1. The number of aryl methyl sites for hydroxylation is 1. The number of anilines is 1. The number of benzene rings is 1. The van der Waals surface area contributed by atoms with E-state index in [9.17, 15) is 9.59 Å². The van der Waals surface area contributed by atoms with Crippen molar-refractivity contribution in [1.82, 2.24) is 14.8 Å². The number of nitrogens with one attached hydrogen (secondary N) is 1. The highest BCUT2D eigenvalue weighted by Crippen LogP contribution is 2.22. The summed E-state index contributed by atoms with van der Waals surface area (Å²) in [5.74, 6) is -1.04. The lowest BCUT2D eigenvalue weighted by Crippen LogP contribution is -2.17. The second kappa shape index (κ2) is 6.51. The van der Waals surface area contributed by atoms with E-state index >= 15 is 0 Å². The van der Waals surface area contributed by atoms with Gasteiger partial charge in [-0.2, -0.15) is 5.10 Å². The normalized spacial score (nSPS) is 10.1. The van der Waals surface area contributed by atoms with Gasteiger partial charge in [0.2, 0.25) is 5.91 Å². The summed E-state index contributed by atoms with van der Waals surface area (Å²) in [5.41, 5.74) is 0.204. The SMILES string of the molecule is COc1ccc(NC(=O)CCn2cncn2)c(C(=O)O)c1. The highest BCUT2D eigenvalue weighted by Gasteiger charge is 2.13. The van der Waals surface area contributed by atoms with Crippen molar-refractivity contribution in [2.45, 2.75) is 13.0 Å². The Hall–Kier alpha value is -2.90. The number of hydrogen-bond acceptors (Lipinski definition) is 5. The van der Waals surface area contributed by atoms with Gasteiger partial charge in [0.05, 0.1) is 24.9 Å². The fraction of sp³-hybridized carbons (Fsp3) is 0.231. The molecule has 0 aliphatic carbocycles.